The molecule has 0 unspecified atom stereocenters. The molecule has 1 amide bonds. The van der Waals surface area contributed by atoms with Crippen molar-refractivity contribution in [1.29, 1.82) is 0 Å². The zero-order chi connectivity index (χ0) is 18.5. The lowest BCUT2D eigenvalue weighted by Gasteiger charge is -2.19. The monoisotopic (exact) mass is 359 g/mol. The quantitative estimate of drug-likeness (QED) is 0.608. The summed E-state index contributed by atoms with van der Waals surface area (Å²) in [6.07, 6.45) is 16.3. The van der Waals surface area contributed by atoms with Crippen LogP contribution in [0.2, 0.25) is 0 Å². The highest BCUT2D eigenvalue weighted by Gasteiger charge is 2.14. The van der Waals surface area contributed by atoms with E-state index in [2.05, 4.69) is 12.2 Å². The molecule has 1 aromatic rings. The van der Waals surface area contributed by atoms with Crippen molar-refractivity contribution in [2.45, 2.75) is 96.4 Å². The first kappa shape index (κ1) is 20.8. The van der Waals surface area contributed by atoms with Crippen LogP contribution in [0, 0.1) is 0 Å². The normalized spacial score (nSPS) is 17.7. The van der Waals surface area contributed by atoms with E-state index < -0.39 is 0 Å². The molecule has 146 valence electrons. The van der Waals surface area contributed by atoms with Crippen molar-refractivity contribution >= 4 is 5.91 Å². The third kappa shape index (κ3) is 8.25. The van der Waals surface area contributed by atoms with E-state index in [1.54, 1.807) is 0 Å². The molecule has 0 saturated heterocycles. The summed E-state index contributed by atoms with van der Waals surface area (Å²) in [5.74, 6) is 0.906. The molecule has 1 N–H and O–H groups in total. The zero-order valence-electron chi connectivity index (χ0n) is 16.6. The van der Waals surface area contributed by atoms with Gasteiger partial charge in [0.25, 0.3) is 5.91 Å². The van der Waals surface area contributed by atoms with Gasteiger partial charge in [0, 0.05) is 11.6 Å². The predicted molar refractivity (Wildman–Crippen MR) is 109 cm³/mol. The maximum atomic E-state index is 12.6. The largest absolute Gasteiger partial charge is 0.494 e. The second-order valence-electron chi connectivity index (χ2n) is 7.66. The van der Waals surface area contributed by atoms with Crippen LogP contribution in [0.3, 0.4) is 0 Å². The Morgan fingerprint density at radius 3 is 2.00 bits per heavy atom. The topological polar surface area (TPSA) is 38.3 Å². The van der Waals surface area contributed by atoms with Gasteiger partial charge in [-0.25, -0.2) is 0 Å². The summed E-state index contributed by atoms with van der Waals surface area (Å²) in [4.78, 5) is 12.6. The van der Waals surface area contributed by atoms with E-state index in [0.29, 0.717) is 6.04 Å². The van der Waals surface area contributed by atoms with Gasteiger partial charge in [0.15, 0.2) is 0 Å². The highest BCUT2D eigenvalue weighted by atomic mass is 16.5. The summed E-state index contributed by atoms with van der Waals surface area (Å²) < 4.78 is 5.68. The molecule has 1 aliphatic rings. The van der Waals surface area contributed by atoms with Crippen LogP contribution in [-0.4, -0.2) is 18.6 Å². The average Bonchev–Trinajstić information content (AvgIpc) is 2.64. The van der Waals surface area contributed by atoms with Gasteiger partial charge in [0.1, 0.15) is 5.75 Å². The van der Waals surface area contributed by atoms with E-state index in [-0.39, 0.29) is 5.91 Å². The molecule has 1 saturated carbocycles. The van der Waals surface area contributed by atoms with Gasteiger partial charge in [0.05, 0.1) is 6.61 Å². The smallest absolute Gasteiger partial charge is 0.251 e. The standard InChI is InChI=1S/C23H37NO2/c1-2-3-19-26-22-17-15-20(16-18-22)23(25)24-21-13-11-9-7-5-4-6-8-10-12-14-21/h15-18,21H,2-14,19H2,1H3,(H,24,25). The van der Waals surface area contributed by atoms with Gasteiger partial charge < -0.3 is 10.1 Å². The first-order valence-electron chi connectivity index (χ1n) is 10.8. The minimum atomic E-state index is 0.0576. The number of amides is 1. The minimum absolute atomic E-state index is 0.0576. The Morgan fingerprint density at radius 2 is 1.46 bits per heavy atom. The van der Waals surface area contributed by atoms with Crippen LogP contribution in [0.15, 0.2) is 24.3 Å². The fourth-order valence-corrected chi connectivity index (χ4v) is 3.61. The van der Waals surface area contributed by atoms with Crippen molar-refractivity contribution in [3.63, 3.8) is 0 Å². The maximum absolute atomic E-state index is 12.6. The molecule has 0 spiro atoms. The Bertz CT molecular complexity index is 485. The number of nitrogens with one attached hydrogen (secondary N) is 1. The number of ether oxygens (including phenoxy) is 1. The number of hydrogen-bond donors (Lipinski definition) is 1. The molecule has 0 aliphatic heterocycles. The number of carbonyl (C=O) groups excluding carboxylic acids is 1. The van der Waals surface area contributed by atoms with Crippen LogP contribution in [-0.2, 0) is 0 Å². The molecule has 2 rings (SSSR count). The Morgan fingerprint density at radius 1 is 0.923 bits per heavy atom. The highest BCUT2D eigenvalue weighted by Crippen LogP contribution is 2.18. The minimum Gasteiger partial charge on any atom is -0.494 e. The molecule has 3 heteroatoms. The Labute approximate surface area is 159 Å². The number of unbranched alkanes of at least 4 members (excludes halogenated alkanes) is 1. The summed E-state index contributed by atoms with van der Waals surface area (Å²) in [7, 11) is 0. The fraction of sp³-hybridized carbons (Fsp3) is 0.696. The molecule has 3 nitrogen and oxygen atoms in total. The van der Waals surface area contributed by atoms with Crippen LogP contribution >= 0.6 is 0 Å². The lowest BCUT2D eigenvalue weighted by Crippen LogP contribution is -2.34. The summed E-state index contributed by atoms with van der Waals surface area (Å²) in [5, 5.41) is 3.28. The molecule has 26 heavy (non-hydrogen) atoms. The van der Waals surface area contributed by atoms with E-state index >= 15 is 0 Å². The van der Waals surface area contributed by atoms with Crippen molar-refractivity contribution in [1.82, 2.24) is 5.32 Å². The molecule has 0 radical (unpaired) electrons. The first-order chi connectivity index (χ1) is 12.8. The number of rotatable bonds is 6. The van der Waals surface area contributed by atoms with E-state index in [1.165, 1.54) is 57.8 Å². The third-order valence-electron chi connectivity index (χ3n) is 5.32. The van der Waals surface area contributed by atoms with Crippen molar-refractivity contribution in [3.8, 4) is 5.75 Å². The molecule has 0 atom stereocenters. The number of hydrogen-bond acceptors (Lipinski definition) is 2. The van der Waals surface area contributed by atoms with Crippen LogP contribution in [0.25, 0.3) is 0 Å². The van der Waals surface area contributed by atoms with Gasteiger partial charge in [-0.05, 0) is 43.5 Å². The van der Waals surface area contributed by atoms with Gasteiger partial charge in [-0.3, -0.25) is 4.79 Å². The average molecular weight is 360 g/mol. The molecule has 0 bridgehead atoms. The van der Waals surface area contributed by atoms with Gasteiger partial charge in [-0.2, -0.15) is 0 Å². The highest BCUT2D eigenvalue weighted by molar-refractivity contribution is 5.94. The molecular weight excluding hydrogens is 322 g/mol. The second kappa shape index (κ2) is 12.8. The van der Waals surface area contributed by atoms with E-state index in [0.717, 1.165) is 43.6 Å². The predicted octanol–water partition coefficient (Wildman–Crippen LogP) is 6.27. The van der Waals surface area contributed by atoms with Gasteiger partial charge in [-0.15, -0.1) is 0 Å². The van der Waals surface area contributed by atoms with E-state index in [1.807, 2.05) is 24.3 Å². The van der Waals surface area contributed by atoms with Crippen LogP contribution in [0.5, 0.6) is 5.75 Å². The lowest BCUT2D eigenvalue weighted by molar-refractivity contribution is 0.0931. The molecule has 0 heterocycles. The number of carbonyl (C=O) groups is 1. The van der Waals surface area contributed by atoms with Crippen molar-refractivity contribution in [3.05, 3.63) is 29.8 Å². The van der Waals surface area contributed by atoms with Crippen molar-refractivity contribution in [2.24, 2.45) is 0 Å². The Hall–Kier alpha value is -1.51. The summed E-state index contributed by atoms with van der Waals surface area (Å²) in [6, 6.07) is 7.90. The fourth-order valence-electron chi connectivity index (χ4n) is 3.61. The van der Waals surface area contributed by atoms with E-state index in [4.69, 9.17) is 4.74 Å². The molecule has 1 aromatic carbocycles. The van der Waals surface area contributed by atoms with E-state index in [9.17, 15) is 4.79 Å². The van der Waals surface area contributed by atoms with Crippen LogP contribution in [0.1, 0.15) is 101 Å². The van der Waals surface area contributed by atoms with Crippen molar-refractivity contribution in [2.75, 3.05) is 6.61 Å². The summed E-state index contributed by atoms with van der Waals surface area (Å²) in [5.41, 5.74) is 0.735. The molecule has 1 fully saturated rings. The van der Waals surface area contributed by atoms with Crippen LogP contribution < -0.4 is 10.1 Å². The Balaban J connectivity index is 1.82. The van der Waals surface area contributed by atoms with Gasteiger partial charge in [-0.1, -0.05) is 71.1 Å². The second-order valence-corrected chi connectivity index (χ2v) is 7.66. The first-order valence-corrected chi connectivity index (χ1v) is 10.8. The molecule has 1 aliphatic carbocycles. The summed E-state index contributed by atoms with van der Waals surface area (Å²) >= 11 is 0. The van der Waals surface area contributed by atoms with Gasteiger partial charge >= 0.3 is 0 Å². The maximum Gasteiger partial charge on any atom is 0.251 e. The summed E-state index contributed by atoms with van der Waals surface area (Å²) in [6.45, 7) is 2.89. The van der Waals surface area contributed by atoms with Gasteiger partial charge in [0.2, 0.25) is 0 Å². The zero-order valence-corrected chi connectivity index (χ0v) is 16.6. The Kier molecular flexibility index (Phi) is 10.2. The SMILES string of the molecule is CCCCOc1ccc(C(=O)NC2CCCCCCCCCCC2)cc1. The molecular formula is C23H37NO2. The van der Waals surface area contributed by atoms with Crippen LogP contribution in [0.4, 0.5) is 0 Å². The third-order valence-corrected chi connectivity index (χ3v) is 5.32. The molecule has 0 aromatic heterocycles. The number of benzene rings is 1. The lowest BCUT2D eigenvalue weighted by atomic mass is 9.97. The van der Waals surface area contributed by atoms with Crippen molar-refractivity contribution < 1.29 is 9.53 Å².